The lowest BCUT2D eigenvalue weighted by Crippen LogP contribution is -2.38. The van der Waals surface area contributed by atoms with Crippen LogP contribution in [0.4, 0.5) is 17.1 Å². The molecule has 0 aromatic heterocycles. The Morgan fingerprint density at radius 3 is 1.51 bits per heavy atom. The molecule has 0 bridgehead atoms. The topological polar surface area (TPSA) is 37.4 Å². The van der Waals surface area contributed by atoms with E-state index in [1.165, 1.54) is 39.3 Å². The molecule has 0 N–H and O–H groups in total. The number of fused-ring (bicyclic) bond motifs is 6. The molecule has 3 heteroatoms. The van der Waals surface area contributed by atoms with Crippen molar-refractivity contribution in [2.24, 2.45) is 5.92 Å². The van der Waals surface area contributed by atoms with Crippen molar-refractivity contribution in [1.29, 1.82) is 0 Å². The van der Waals surface area contributed by atoms with Gasteiger partial charge in [-0.05, 0) is 69.3 Å². The van der Waals surface area contributed by atoms with Gasteiger partial charge in [-0.1, -0.05) is 100 Å². The van der Waals surface area contributed by atoms with Crippen molar-refractivity contribution >= 4 is 39.4 Å². The van der Waals surface area contributed by atoms with Crippen molar-refractivity contribution in [3.05, 3.63) is 136 Å². The Morgan fingerprint density at radius 1 is 0.585 bits per heavy atom. The third-order valence-corrected chi connectivity index (χ3v) is 9.87. The Hall–Kier alpha value is -4.50. The molecule has 200 valence electrons. The van der Waals surface area contributed by atoms with Gasteiger partial charge in [-0.2, -0.15) is 0 Å². The smallest absolute Gasteiger partial charge is 0.174 e. The van der Waals surface area contributed by atoms with E-state index in [1.54, 1.807) is 0 Å². The van der Waals surface area contributed by atoms with E-state index in [1.807, 2.05) is 36.4 Å². The van der Waals surface area contributed by atoms with Crippen LogP contribution < -0.4 is 4.90 Å². The van der Waals surface area contributed by atoms with E-state index in [4.69, 9.17) is 0 Å². The molecule has 3 nitrogen and oxygen atoms in total. The first-order valence-electron chi connectivity index (χ1n) is 14.5. The Labute approximate surface area is 240 Å². The fourth-order valence-electron chi connectivity index (χ4n) is 7.62. The SMILES string of the molecule is CC1(C)c2ccccc2N2c3ccccc3C(C)(C)c3cc(CC4C(=O)c5cc6ccccc6cc5C4=O)cc1c32. The predicted molar refractivity (Wildman–Crippen MR) is 165 cm³/mol. The molecule has 5 aromatic rings. The third kappa shape index (κ3) is 3.15. The number of anilines is 3. The number of ketones is 2. The molecule has 0 fully saturated rings. The first-order valence-corrected chi connectivity index (χ1v) is 14.5. The molecule has 41 heavy (non-hydrogen) atoms. The van der Waals surface area contributed by atoms with Crippen LogP contribution in [0.3, 0.4) is 0 Å². The van der Waals surface area contributed by atoms with Crippen LogP contribution in [0, 0.1) is 5.92 Å². The summed E-state index contributed by atoms with van der Waals surface area (Å²) in [6, 6.07) is 33.7. The molecule has 0 saturated carbocycles. The van der Waals surface area contributed by atoms with Crippen molar-refractivity contribution in [3.8, 4) is 0 Å². The van der Waals surface area contributed by atoms with Gasteiger partial charge in [0.2, 0.25) is 0 Å². The average molecular weight is 534 g/mol. The number of nitrogens with zero attached hydrogens (tertiary/aromatic N) is 1. The van der Waals surface area contributed by atoms with Crippen molar-refractivity contribution in [1.82, 2.24) is 0 Å². The van der Waals surface area contributed by atoms with Gasteiger partial charge in [-0.15, -0.1) is 0 Å². The number of rotatable bonds is 2. The molecule has 1 aliphatic carbocycles. The van der Waals surface area contributed by atoms with Crippen LogP contribution in [0.2, 0.25) is 0 Å². The second-order valence-electron chi connectivity index (χ2n) is 12.9. The molecule has 2 aliphatic heterocycles. The van der Waals surface area contributed by atoms with E-state index in [0.717, 1.165) is 16.3 Å². The molecule has 0 atom stereocenters. The maximum Gasteiger partial charge on any atom is 0.174 e. The number of carbonyl (C=O) groups excluding carboxylic acids is 2. The van der Waals surface area contributed by atoms with Gasteiger partial charge in [0.25, 0.3) is 0 Å². The molecule has 8 rings (SSSR count). The number of para-hydroxylation sites is 2. The highest BCUT2D eigenvalue weighted by molar-refractivity contribution is 6.28. The van der Waals surface area contributed by atoms with Gasteiger partial charge in [0.15, 0.2) is 11.6 Å². The highest BCUT2D eigenvalue weighted by Crippen LogP contribution is 2.60. The standard InChI is InChI=1S/C38H31NO2/c1-37(2)28-13-7-9-15-32(28)39-33-16-10-8-14-29(33)38(3,4)31-19-22(18-30(37)34(31)39)17-27-35(40)25-20-23-11-5-6-12-24(23)21-26(25)36(27)41/h5-16,18-21,27H,17H2,1-4H3. The lowest BCUT2D eigenvalue weighted by molar-refractivity contribution is 0.0838. The Bertz CT molecular complexity index is 1840. The van der Waals surface area contributed by atoms with Crippen LogP contribution >= 0.6 is 0 Å². The highest BCUT2D eigenvalue weighted by atomic mass is 16.2. The summed E-state index contributed by atoms with van der Waals surface area (Å²) in [4.78, 5) is 29.9. The summed E-state index contributed by atoms with van der Waals surface area (Å²) in [5.41, 5.74) is 10.4. The van der Waals surface area contributed by atoms with Crippen molar-refractivity contribution in [3.63, 3.8) is 0 Å². The zero-order valence-corrected chi connectivity index (χ0v) is 23.8. The number of benzene rings is 5. The zero-order chi connectivity index (χ0) is 28.3. The molecule has 5 aromatic carbocycles. The molecular formula is C38H31NO2. The van der Waals surface area contributed by atoms with E-state index in [2.05, 4.69) is 93.3 Å². The molecule has 0 radical (unpaired) electrons. The summed E-state index contributed by atoms with van der Waals surface area (Å²) >= 11 is 0. The zero-order valence-electron chi connectivity index (χ0n) is 23.8. The molecule has 0 unspecified atom stereocenters. The third-order valence-electron chi connectivity index (χ3n) is 9.87. The first-order chi connectivity index (χ1) is 19.7. The number of Topliss-reactive ketones (excluding diaryl/α,β-unsaturated/α-hetero) is 2. The molecular weight excluding hydrogens is 502 g/mol. The summed E-state index contributed by atoms with van der Waals surface area (Å²) in [6.45, 7) is 9.18. The van der Waals surface area contributed by atoms with E-state index >= 15 is 0 Å². The fraction of sp³-hybridized carbons (Fsp3) is 0.211. The van der Waals surface area contributed by atoms with Gasteiger partial charge in [0.1, 0.15) is 0 Å². The van der Waals surface area contributed by atoms with Crippen LogP contribution in [-0.2, 0) is 17.3 Å². The molecule has 2 heterocycles. The van der Waals surface area contributed by atoms with Crippen molar-refractivity contribution in [2.45, 2.75) is 44.9 Å². The van der Waals surface area contributed by atoms with E-state index in [0.29, 0.717) is 17.5 Å². The monoisotopic (exact) mass is 533 g/mol. The number of hydrogen-bond donors (Lipinski definition) is 0. The van der Waals surface area contributed by atoms with Gasteiger partial charge in [-0.3, -0.25) is 9.59 Å². The minimum Gasteiger partial charge on any atom is -0.309 e. The number of carbonyl (C=O) groups is 2. The summed E-state index contributed by atoms with van der Waals surface area (Å²) in [6.07, 6.45) is 0.401. The van der Waals surface area contributed by atoms with Crippen molar-refractivity contribution < 1.29 is 9.59 Å². The minimum atomic E-state index is -0.693. The maximum absolute atomic E-state index is 13.7. The van der Waals surface area contributed by atoms with E-state index in [9.17, 15) is 9.59 Å². The Morgan fingerprint density at radius 2 is 1.02 bits per heavy atom. The lowest BCUT2D eigenvalue weighted by Gasteiger charge is -2.49. The summed E-state index contributed by atoms with van der Waals surface area (Å²) in [7, 11) is 0. The Balaban J connectivity index is 1.31. The number of hydrogen-bond acceptors (Lipinski definition) is 3. The molecule has 3 aliphatic rings. The summed E-state index contributed by atoms with van der Waals surface area (Å²) < 4.78 is 0. The fourth-order valence-corrected chi connectivity index (χ4v) is 7.62. The second kappa shape index (κ2) is 8.04. The van der Waals surface area contributed by atoms with Gasteiger partial charge >= 0.3 is 0 Å². The molecule has 0 amide bonds. The summed E-state index contributed by atoms with van der Waals surface area (Å²) in [5.74, 6) is -0.808. The van der Waals surface area contributed by atoms with E-state index < -0.39 is 5.92 Å². The average Bonchev–Trinajstić information content (AvgIpc) is 3.20. The molecule has 0 spiro atoms. The Kier molecular flexibility index (Phi) is 4.77. The van der Waals surface area contributed by atoms with Gasteiger partial charge in [0, 0.05) is 22.0 Å². The maximum atomic E-state index is 13.7. The van der Waals surface area contributed by atoms with Crippen LogP contribution in [0.25, 0.3) is 10.8 Å². The van der Waals surface area contributed by atoms with Gasteiger partial charge < -0.3 is 4.90 Å². The highest BCUT2D eigenvalue weighted by Gasteiger charge is 2.46. The van der Waals surface area contributed by atoms with Crippen LogP contribution in [0.1, 0.15) is 76.2 Å². The van der Waals surface area contributed by atoms with Gasteiger partial charge in [-0.25, -0.2) is 0 Å². The minimum absolute atomic E-state index is 0.0574. The molecule has 0 saturated heterocycles. The van der Waals surface area contributed by atoms with Gasteiger partial charge in [0.05, 0.1) is 23.0 Å². The van der Waals surface area contributed by atoms with Crippen molar-refractivity contribution in [2.75, 3.05) is 4.90 Å². The van der Waals surface area contributed by atoms with E-state index in [-0.39, 0.29) is 22.4 Å². The van der Waals surface area contributed by atoms with Crippen LogP contribution in [-0.4, -0.2) is 11.6 Å². The second-order valence-corrected chi connectivity index (χ2v) is 12.9. The van der Waals surface area contributed by atoms with Crippen LogP contribution in [0.15, 0.2) is 97.1 Å². The van der Waals surface area contributed by atoms with Crippen LogP contribution in [0.5, 0.6) is 0 Å². The summed E-state index contributed by atoms with van der Waals surface area (Å²) in [5, 5.41) is 1.99. The lowest BCUT2D eigenvalue weighted by atomic mass is 9.65. The predicted octanol–water partition coefficient (Wildman–Crippen LogP) is 8.83. The normalized spacial score (nSPS) is 17.7. The largest absolute Gasteiger partial charge is 0.309 e. The first kappa shape index (κ1) is 24.3. The quantitative estimate of drug-likeness (QED) is 0.213.